The quantitative estimate of drug-likeness (QED) is 0.724. The average molecular weight is 213 g/mol. The normalized spacial score (nSPS) is 28.9. The molecule has 1 aliphatic rings. The van der Waals surface area contributed by atoms with Gasteiger partial charge in [0.2, 0.25) is 5.91 Å². The van der Waals surface area contributed by atoms with Crippen LogP contribution in [0, 0.1) is 0 Å². The van der Waals surface area contributed by atoms with E-state index >= 15 is 0 Å². The third-order valence-corrected chi connectivity index (χ3v) is 3.24. The Labute approximate surface area is 92.6 Å². The smallest absolute Gasteiger partial charge is 0.241 e. The zero-order valence-corrected chi connectivity index (χ0v) is 10.4. The standard InChI is InChI=1S/C11H23N3O/c1-8(2)14-7-9(3)13(5)10(6-12-4)11(14)15/h8-10,12H,6-7H2,1-5H3. The van der Waals surface area contributed by atoms with Crippen molar-refractivity contribution in [3.8, 4) is 0 Å². The average Bonchev–Trinajstić information content (AvgIpc) is 2.18. The highest BCUT2D eigenvalue weighted by molar-refractivity contribution is 5.83. The number of hydrogen-bond acceptors (Lipinski definition) is 3. The van der Waals surface area contributed by atoms with Crippen molar-refractivity contribution in [3.63, 3.8) is 0 Å². The van der Waals surface area contributed by atoms with Crippen LogP contribution in [-0.4, -0.2) is 61.0 Å². The first-order valence-corrected chi connectivity index (χ1v) is 5.66. The Morgan fingerprint density at radius 2 is 2.13 bits per heavy atom. The molecule has 0 radical (unpaired) electrons. The van der Waals surface area contributed by atoms with Crippen LogP contribution in [0.1, 0.15) is 20.8 Å². The van der Waals surface area contributed by atoms with E-state index in [1.807, 2.05) is 19.0 Å². The van der Waals surface area contributed by atoms with Gasteiger partial charge in [0.05, 0.1) is 0 Å². The highest BCUT2D eigenvalue weighted by Crippen LogP contribution is 2.16. The highest BCUT2D eigenvalue weighted by atomic mass is 16.2. The maximum absolute atomic E-state index is 12.2. The molecule has 0 bridgehead atoms. The summed E-state index contributed by atoms with van der Waals surface area (Å²) in [6, 6.07) is 0.720. The summed E-state index contributed by atoms with van der Waals surface area (Å²) >= 11 is 0. The summed E-state index contributed by atoms with van der Waals surface area (Å²) in [5, 5.41) is 3.09. The number of likely N-dealkylation sites (N-methyl/N-ethyl adjacent to an activating group) is 2. The van der Waals surface area contributed by atoms with Crippen LogP contribution in [0.2, 0.25) is 0 Å². The molecule has 2 unspecified atom stereocenters. The van der Waals surface area contributed by atoms with Gasteiger partial charge in [-0.15, -0.1) is 0 Å². The first kappa shape index (κ1) is 12.5. The van der Waals surface area contributed by atoms with Crippen LogP contribution in [0.3, 0.4) is 0 Å². The monoisotopic (exact) mass is 213 g/mol. The summed E-state index contributed by atoms with van der Waals surface area (Å²) in [7, 11) is 3.92. The lowest BCUT2D eigenvalue weighted by Crippen LogP contribution is -2.63. The molecule has 1 rings (SSSR count). The molecule has 0 spiro atoms. The Bertz CT molecular complexity index is 230. The minimum absolute atomic E-state index is 0.0128. The Kier molecular flexibility index (Phi) is 4.11. The number of amides is 1. The number of piperazine rings is 1. The van der Waals surface area contributed by atoms with E-state index in [-0.39, 0.29) is 11.9 Å². The van der Waals surface area contributed by atoms with Crippen molar-refractivity contribution in [3.05, 3.63) is 0 Å². The summed E-state index contributed by atoms with van der Waals surface area (Å²) in [5.41, 5.74) is 0. The maximum Gasteiger partial charge on any atom is 0.241 e. The van der Waals surface area contributed by atoms with Crippen LogP contribution in [0.5, 0.6) is 0 Å². The van der Waals surface area contributed by atoms with Crippen LogP contribution in [0.15, 0.2) is 0 Å². The molecule has 0 aromatic heterocycles. The highest BCUT2D eigenvalue weighted by Gasteiger charge is 2.36. The molecule has 1 fully saturated rings. The molecule has 0 saturated carbocycles. The second-order valence-corrected chi connectivity index (χ2v) is 4.67. The minimum atomic E-state index is -0.0128. The lowest BCUT2D eigenvalue weighted by Gasteiger charge is -2.44. The molecule has 1 saturated heterocycles. The van der Waals surface area contributed by atoms with Crippen molar-refractivity contribution in [1.29, 1.82) is 0 Å². The lowest BCUT2D eigenvalue weighted by molar-refractivity contribution is -0.145. The van der Waals surface area contributed by atoms with Gasteiger partial charge in [-0.3, -0.25) is 9.69 Å². The molecule has 0 aliphatic carbocycles. The summed E-state index contributed by atoms with van der Waals surface area (Å²) in [5.74, 6) is 0.250. The zero-order valence-electron chi connectivity index (χ0n) is 10.4. The van der Waals surface area contributed by atoms with Crippen molar-refractivity contribution in [1.82, 2.24) is 15.1 Å². The zero-order chi connectivity index (χ0) is 11.6. The van der Waals surface area contributed by atoms with Crippen LogP contribution >= 0.6 is 0 Å². The molecule has 88 valence electrons. The van der Waals surface area contributed by atoms with Crippen molar-refractivity contribution in [2.45, 2.75) is 38.9 Å². The van der Waals surface area contributed by atoms with E-state index in [0.717, 1.165) is 13.1 Å². The van der Waals surface area contributed by atoms with Crippen LogP contribution < -0.4 is 5.32 Å². The second-order valence-electron chi connectivity index (χ2n) is 4.67. The largest absolute Gasteiger partial charge is 0.337 e. The summed E-state index contributed by atoms with van der Waals surface area (Å²) in [6.45, 7) is 7.89. The Morgan fingerprint density at radius 1 is 1.53 bits per heavy atom. The van der Waals surface area contributed by atoms with Crippen LogP contribution in [0.4, 0.5) is 0 Å². The molecule has 4 nitrogen and oxygen atoms in total. The molecule has 1 aliphatic heterocycles. The molecule has 4 heteroatoms. The van der Waals surface area contributed by atoms with Crippen molar-refractivity contribution < 1.29 is 4.79 Å². The van der Waals surface area contributed by atoms with Crippen molar-refractivity contribution in [2.24, 2.45) is 0 Å². The maximum atomic E-state index is 12.2. The summed E-state index contributed by atoms with van der Waals surface area (Å²) in [6.07, 6.45) is 0. The molecule has 15 heavy (non-hydrogen) atoms. The van der Waals surface area contributed by atoms with Gasteiger partial charge in [-0.2, -0.15) is 0 Å². The fraction of sp³-hybridized carbons (Fsp3) is 0.909. The van der Waals surface area contributed by atoms with Crippen molar-refractivity contribution >= 4 is 5.91 Å². The van der Waals surface area contributed by atoms with E-state index in [2.05, 4.69) is 31.0 Å². The van der Waals surface area contributed by atoms with Gasteiger partial charge in [-0.05, 0) is 34.9 Å². The first-order chi connectivity index (χ1) is 6.99. The lowest BCUT2D eigenvalue weighted by atomic mass is 10.1. The van der Waals surface area contributed by atoms with Gasteiger partial charge in [-0.1, -0.05) is 0 Å². The molecule has 1 N–H and O–H groups in total. The number of rotatable bonds is 3. The molecule has 2 atom stereocenters. The molecule has 0 aromatic rings. The number of carbonyl (C=O) groups excluding carboxylic acids is 1. The van der Waals surface area contributed by atoms with E-state index in [0.29, 0.717) is 12.1 Å². The summed E-state index contributed by atoms with van der Waals surface area (Å²) < 4.78 is 0. The van der Waals surface area contributed by atoms with Gasteiger partial charge in [0, 0.05) is 25.2 Å². The molecule has 1 heterocycles. The van der Waals surface area contributed by atoms with Gasteiger partial charge in [-0.25, -0.2) is 0 Å². The van der Waals surface area contributed by atoms with E-state index in [9.17, 15) is 4.79 Å². The minimum Gasteiger partial charge on any atom is -0.337 e. The number of nitrogens with zero attached hydrogens (tertiary/aromatic N) is 2. The van der Waals surface area contributed by atoms with E-state index in [4.69, 9.17) is 0 Å². The summed E-state index contributed by atoms with van der Waals surface area (Å²) in [4.78, 5) is 16.3. The van der Waals surface area contributed by atoms with Gasteiger partial charge in [0.15, 0.2) is 0 Å². The van der Waals surface area contributed by atoms with Crippen molar-refractivity contribution in [2.75, 3.05) is 27.2 Å². The molecule has 1 amide bonds. The SMILES string of the molecule is CNCC1C(=O)N(C(C)C)CC(C)N1C. The van der Waals surface area contributed by atoms with E-state index in [1.165, 1.54) is 0 Å². The number of nitrogens with one attached hydrogen (secondary N) is 1. The fourth-order valence-corrected chi connectivity index (χ4v) is 2.07. The second kappa shape index (κ2) is 4.94. The van der Waals surface area contributed by atoms with Gasteiger partial charge >= 0.3 is 0 Å². The van der Waals surface area contributed by atoms with Gasteiger partial charge in [0.1, 0.15) is 6.04 Å². The van der Waals surface area contributed by atoms with Crippen LogP contribution in [-0.2, 0) is 4.79 Å². The topological polar surface area (TPSA) is 35.6 Å². The van der Waals surface area contributed by atoms with E-state index < -0.39 is 0 Å². The molecule has 0 aromatic carbocycles. The molecular formula is C11H23N3O. The number of carbonyl (C=O) groups is 1. The first-order valence-electron chi connectivity index (χ1n) is 5.66. The van der Waals surface area contributed by atoms with Crippen LogP contribution in [0.25, 0.3) is 0 Å². The van der Waals surface area contributed by atoms with Gasteiger partial charge in [0.25, 0.3) is 0 Å². The Hall–Kier alpha value is -0.610. The fourth-order valence-electron chi connectivity index (χ4n) is 2.07. The predicted octanol–water partition coefficient (Wildman–Crippen LogP) is 0.145. The number of hydrogen-bond donors (Lipinski definition) is 1. The van der Waals surface area contributed by atoms with Gasteiger partial charge < -0.3 is 10.2 Å². The molecular weight excluding hydrogens is 190 g/mol. The third-order valence-electron chi connectivity index (χ3n) is 3.24. The van der Waals surface area contributed by atoms with E-state index in [1.54, 1.807) is 0 Å². The Morgan fingerprint density at radius 3 is 2.60 bits per heavy atom. The Balaban J connectivity index is 2.79. The predicted molar refractivity (Wildman–Crippen MR) is 61.8 cm³/mol. The third kappa shape index (κ3) is 2.49.